The van der Waals surface area contributed by atoms with E-state index in [1.807, 2.05) is 38.1 Å². The third-order valence-electron chi connectivity index (χ3n) is 4.12. The third-order valence-corrected chi connectivity index (χ3v) is 4.37. The summed E-state index contributed by atoms with van der Waals surface area (Å²) < 4.78 is 5.09. The zero-order valence-electron chi connectivity index (χ0n) is 14.8. The van der Waals surface area contributed by atoms with Crippen molar-refractivity contribution in [2.45, 2.75) is 25.7 Å². The summed E-state index contributed by atoms with van der Waals surface area (Å²) in [7, 11) is 0. The van der Waals surface area contributed by atoms with Crippen molar-refractivity contribution in [2.24, 2.45) is 0 Å². The Hall–Kier alpha value is -2.53. The molecule has 138 valence electrons. The molecular weight excluding hydrogens is 354 g/mol. The van der Waals surface area contributed by atoms with Gasteiger partial charge in [-0.25, -0.2) is 4.79 Å². The van der Waals surface area contributed by atoms with Crippen LogP contribution in [0.5, 0.6) is 5.75 Å². The second-order valence-corrected chi connectivity index (χ2v) is 6.90. The number of carboxylic acid groups (broad SMARTS) is 1. The van der Waals surface area contributed by atoms with Gasteiger partial charge >= 0.3 is 5.97 Å². The molecule has 0 aromatic heterocycles. The van der Waals surface area contributed by atoms with Gasteiger partial charge < -0.3 is 15.2 Å². The van der Waals surface area contributed by atoms with Gasteiger partial charge in [-0.05, 0) is 55.7 Å². The molecule has 2 aromatic carbocycles. The van der Waals surface area contributed by atoms with Gasteiger partial charge in [0.05, 0.1) is 5.41 Å². The Morgan fingerprint density at radius 3 is 2.27 bits per heavy atom. The molecule has 6 heteroatoms. The van der Waals surface area contributed by atoms with Gasteiger partial charge in [0.2, 0.25) is 5.91 Å². The molecule has 1 amide bonds. The molecule has 0 bridgehead atoms. The molecule has 2 rings (SSSR count). The maximum Gasteiger partial charge on any atom is 0.341 e. The number of amides is 1. The molecule has 2 aromatic rings. The average Bonchev–Trinajstić information content (AvgIpc) is 2.61. The van der Waals surface area contributed by atoms with Crippen molar-refractivity contribution in [1.82, 2.24) is 5.32 Å². The summed E-state index contributed by atoms with van der Waals surface area (Å²) in [6.45, 7) is 3.89. The molecule has 0 spiro atoms. The number of nitrogens with one attached hydrogen (secondary N) is 1. The first-order chi connectivity index (χ1) is 12.3. The molecule has 26 heavy (non-hydrogen) atoms. The summed E-state index contributed by atoms with van der Waals surface area (Å²) in [5.74, 6) is -0.564. The molecule has 2 N–H and O–H groups in total. The van der Waals surface area contributed by atoms with Crippen LogP contribution in [-0.2, 0) is 21.4 Å². The van der Waals surface area contributed by atoms with E-state index in [0.29, 0.717) is 23.7 Å². The number of halogens is 1. The van der Waals surface area contributed by atoms with E-state index in [2.05, 4.69) is 5.32 Å². The molecule has 0 aliphatic carbocycles. The molecular formula is C20H22ClNO4. The van der Waals surface area contributed by atoms with Gasteiger partial charge in [-0.1, -0.05) is 35.9 Å². The Labute approximate surface area is 157 Å². The first-order valence-corrected chi connectivity index (χ1v) is 8.64. The van der Waals surface area contributed by atoms with Crippen molar-refractivity contribution < 1.29 is 19.4 Å². The molecule has 0 heterocycles. The minimum atomic E-state index is -1.01. The predicted octanol–water partition coefficient (Wildman–Crippen LogP) is 3.44. The summed E-state index contributed by atoms with van der Waals surface area (Å²) in [6, 6.07) is 14.4. The van der Waals surface area contributed by atoms with Gasteiger partial charge in [0.25, 0.3) is 0 Å². The van der Waals surface area contributed by atoms with Gasteiger partial charge in [-0.3, -0.25) is 4.79 Å². The number of carboxylic acids is 1. The van der Waals surface area contributed by atoms with Gasteiger partial charge in [-0.2, -0.15) is 0 Å². The monoisotopic (exact) mass is 375 g/mol. The fraction of sp³-hybridized carbons (Fsp3) is 0.300. The Kier molecular flexibility index (Phi) is 6.64. The van der Waals surface area contributed by atoms with Crippen LogP contribution in [0.3, 0.4) is 0 Å². The maximum atomic E-state index is 12.5. The van der Waals surface area contributed by atoms with Crippen LogP contribution in [0.25, 0.3) is 0 Å². The van der Waals surface area contributed by atoms with Crippen molar-refractivity contribution in [3.63, 3.8) is 0 Å². The number of ether oxygens (including phenoxy) is 1. The SMILES string of the molecule is CC(C)(C(=O)NCCc1ccc(OCC(=O)O)cc1)c1ccc(Cl)cc1. The largest absolute Gasteiger partial charge is 0.482 e. The Balaban J connectivity index is 1.85. The van der Waals surface area contributed by atoms with Crippen LogP contribution in [0.2, 0.25) is 5.02 Å². The summed E-state index contributed by atoms with van der Waals surface area (Å²) >= 11 is 5.90. The van der Waals surface area contributed by atoms with Crippen molar-refractivity contribution in [3.8, 4) is 5.75 Å². The highest BCUT2D eigenvalue weighted by atomic mass is 35.5. The second-order valence-electron chi connectivity index (χ2n) is 6.46. The van der Waals surface area contributed by atoms with Crippen LogP contribution in [0.1, 0.15) is 25.0 Å². The molecule has 0 saturated heterocycles. The second kappa shape index (κ2) is 8.72. The zero-order chi connectivity index (χ0) is 19.2. The molecule has 0 radical (unpaired) electrons. The predicted molar refractivity (Wildman–Crippen MR) is 101 cm³/mol. The van der Waals surface area contributed by atoms with E-state index in [4.69, 9.17) is 21.4 Å². The van der Waals surface area contributed by atoms with Crippen LogP contribution in [0.15, 0.2) is 48.5 Å². The Morgan fingerprint density at radius 1 is 1.08 bits per heavy atom. The fourth-order valence-electron chi connectivity index (χ4n) is 2.44. The summed E-state index contributed by atoms with van der Waals surface area (Å²) in [4.78, 5) is 23.0. The Morgan fingerprint density at radius 2 is 1.69 bits per heavy atom. The number of hydrogen-bond acceptors (Lipinski definition) is 3. The van der Waals surface area contributed by atoms with Gasteiger partial charge in [-0.15, -0.1) is 0 Å². The quantitative estimate of drug-likeness (QED) is 0.741. The van der Waals surface area contributed by atoms with Crippen LogP contribution in [0.4, 0.5) is 0 Å². The van der Waals surface area contributed by atoms with Crippen LogP contribution >= 0.6 is 11.6 Å². The molecule has 0 unspecified atom stereocenters. The lowest BCUT2D eigenvalue weighted by Crippen LogP contribution is -2.40. The average molecular weight is 376 g/mol. The first kappa shape index (κ1) is 19.8. The lowest BCUT2D eigenvalue weighted by Gasteiger charge is -2.24. The number of carbonyl (C=O) groups is 2. The number of carbonyl (C=O) groups excluding carboxylic acids is 1. The van der Waals surface area contributed by atoms with E-state index in [1.54, 1.807) is 24.3 Å². The zero-order valence-corrected chi connectivity index (χ0v) is 15.5. The van der Waals surface area contributed by atoms with Crippen LogP contribution in [-0.4, -0.2) is 30.1 Å². The van der Waals surface area contributed by atoms with Crippen molar-refractivity contribution in [1.29, 1.82) is 0 Å². The number of benzene rings is 2. The molecule has 5 nitrogen and oxygen atoms in total. The minimum absolute atomic E-state index is 0.0544. The topological polar surface area (TPSA) is 75.6 Å². The van der Waals surface area contributed by atoms with E-state index in [0.717, 1.165) is 11.1 Å². The summed E-state index contributed by atoms with van der Waals surface area (Å²) in [5.41, 5.74) is 1.27. The highest BCUT2D eigenvalue weighted by Crippen LogP contribution is 2.24. The number of rotatable bonds is 8. The maximum absolute atomic E-state index is 12.5. The molecule has 0 saturated carbocycles. The molecule has 0 fully saturated rings. The van der Waals surface area contributed by atoms with E-state index in [1.165, 1.54) is 0 Å². The van der Waals surface area contributed by atoms with Crippen molar-refractivity contribution in [3.05, 3.63) is 64.7 Å². The smallest absolute Gasteiger partial charge is 0.341 e. The first-order valence-electron chi connectivity index (χ1n) is 8.27. The van der Waals surface area contributed by atoms with E-state index in [9.17, 15) is 9.59 Å². The van der Waals surface area contributed by atoms with Crippen molar-refractivity contribution in [2.75, 3.05) is 13.2 Å². The lowest BCUT2D eigenvalue weighted by atomic mass is 9.83. The van der Waals surface area contributed by atoms with Gasteiger partial charge in [0, 0.05) is 11.6 Å². The van der Waals surface area contributed by atoms with Crippen LogP contribution < -0.4 is 10.1 Å². The minimum Gasteiger partial charge on any atom is -0.482 e. The van der Waals surface area contributed by atoms with E-state index in [-0.39, 0.29) is 12.5 Å². The lowest BCUT2D eigenvalue weighted by molar-refractivity contribution is -0.139. The Bertz CT molecular complexity index is 754. The number of aliphatic carboxylic acids is 1. The fourth-order valence-corrected chi connectivity index (χ4v) is 2.56. The van der Waals surface area contributed by atoms with E-state index < -0.39 is 11.4 Å². The normalized spacial score (nSPS) is 11.0. The van der Waals surface area contributed by atoms with Crippen LogP contribution in [0, 0.1) is 0 Å². The molecule has 0 aliphatic heterocycles. The standard InChI is InChI=1S/C20H22ClNO4/c1-20(2,15-5-7-16(21)8-6-15)19(25)22-12-11-14-3-9-17(10-4-14)26-13-18(23)24/h3-10H,11-13H2,1-2H3,(H,22,25)(H,23,24). The third kappa shape index (κ3) is 5.49. The van der Waals surface area contributed by atoms with Gasteiger partial charge in [0.15, 0.2) is 6.61 Å². The highest BCUT2D eigenvalue weighted by Gasteiger charge is 2.29. The van der Waals surface area contributed by atoms with Crippen molar-refractivity contribution >= 4 is 23.5 Å². The number of hydrogen-bond donors (Lipinski definition) is 2. The molecule has 0 atom stereocenters. The summed E-state index contributed by atoms with van der Waals surface area (Å²) in [5, 5.41) is 12.2. The molecule has 0 aliphatic rings. The summed E-state index contributed by atoms with van der Waals surface area (Å²) in [6.07, 6.45) is 0.668. The highest BCUT2D eigenvalue weighted by molar-refractivity contribution is 6.30. The van der Waals surface area contributed by atoms with Gasteiger partial charge in [0.1, 0.15) is 5.75 Å². The van der Waals surface area contributed by atoms with E-state index >= 15 is 0 Å².